The van der Waals surface area contributed by atoms with Crippen LogP contribution < -0.4 is 10.1 Å². The lowest BCUT2D eigenvalue weighted by atomic mass is 10.2. The Morgan fingerprint density at radius 2 is 1.95 bits per heavy atom. The molecule has 1 aromatic carbocycles. The van der Waals surface area contributed by atoms with Gasteiger partial charge in [0.05, 0.1) is 0 Å². The fourth-order valence-electron chi connectivity index (χ4n) is 1.93. The zero-order valence-corrected chi connectivity index (χ0v) is 11.6. The number of hydrogen-bond acceptors (Lipinski definition) is 4. The summed E-state index contributed by atoms with van der Waals surface area (Å²) in [6.45, 7) is 2.57. The van der Waals surface area contributed by atoms with Crippen LogP contribution in [0.25, 0.3) is 0 Å². The van der Waals surface area contributed by atoms with Gasteiger partial charge >= 0.3 is 6.01 Å². The van der Waals surface area contributed by atoms with E-state index in [0.29, 0.717) is 12.6 Å². The van der Waals surface area contributed by atoms with E-state index in [1.54, 1.807) is 6.20 Å². The van der Waals surface area contributed by atoms with E-state index in [1.807, 2.05) is 6.92 Å². The molecule has 1 aliphatic carbocycles. The lowest BCUT2D eigenvalue weighted by Gasteiger charge is -2.08. The summed E-state index contributed by atoms with van der Waals surface area (Å²) in [6, 6.07) is 3.64. The third-order valence-electron chi connectivity index (χ3n) is 3.26. The van der Waals surface area contributed by atoms with E-state index in [1.165, 1.54) is 12.8 Å². The summed E-state index contributed by atoms with van der Waals surface area (Å²) in [5.41, 5.74) is 1.77. The molecule has 0 unspecified atom stereocenters. The first-order valence-corrected chi connectivity index (χ1v) is 6.80. The van der Waals surface area contributed by atoms with Crippen LogP contribution in [0.15, 0.2) is 24.4 Å². The molecule has 6 heteroatoms. The van der Waals surface area contributed by atoms with Crippen molar-refractivity contribution >= 4 is 0 Å². The number of benzene rings is 1. The number of nitrogens with zero attached hydrogens (tertiary/aromatic N) is 2. The molecule has 0 aliphatic heterocycles. The normalized spacial score (nSPS) is 14.2. The van der Waals surface area contributed by atoms with Crippen molar-refractivity contribution in [2.75, 3.05) is 0 Å². The molecule has 1 saturated carbocycles. The van der Waals surface area contributed by atoms with Gasteiger partial charge in [0.25, 0.3) is 0 Å². The number of aryl methyl sites for hydroxylation is 1. The zero-order valence-electron chi connectivity index (χ0n) is 11.6. The minimum absolute atomic E-state index is 0.0377. The minimum Gasteiger partial charge on any atom is -0.424 e. The Kier molecular flexibility index (Phi) is 3.79. The van der Waals surface area contributed by atoms with Crippen molar-refractivity contribution in [2.24, 2.45) is 0 Å². The second kappa shape index (κ2) is 5.73. The van der Waals surface area contributed by atoms with Gasteiger partial charge < -0.3 is 10.1 Å². The van der Waals surface area contributed by atoms with Crippen molar-refractivity contribution in [3.8, 4) is 11.8 Å². The smallest absolute Gasteiger partial charge is 0.322 e. The lowest BCUT2D eigenvalue weighted by Crippen LogP contribution is -2.16. The Morgan fingerprint density at radius 3 is 2.57 bits per heavy atom. The number of rotatable bonds is 5. The molecule has 1 heterocycles. The molecule has 0 amide bonds. The molecule has 1 fully saturated rings. The zero-order chi connectivity index (χ0) is 14.8. The maximum absolute atomic E-state index is 13.1. The summed E-state index contributed by atoms with van der Waals surface area (Å²) in [6.07, 6.45) is 4.10. The van der Waals surface area contributed by atoms with Crippen molar-refractivity contribution in [3.05, 3.63) is 47.3 Å². The third-order valence-corrected chi connectivity index (χ3v) is 3.26. The number of ether oxygens (including phenoxy) is 1. The van der Waals surface area contributed by atoms with Crippen LogP contribution in [-0.2, 0) is 6.54 Å². The Balaban J connectivity index is 1.71. The molecular weight excluding hydrogens is 276 g/mol. The van der Waals surface area contributed by atoms with Crippen LogP contribution in [-0.4, -0.2) is 16.0 Å². The Labute approximate surface area is 121 Å². The van der Waals surface area contributed by atoms with Gasteiger partial charge in [-0.3, -0.25) is 0 Å². The average Bonchev–Trinajstić information content (AvgIpc) is 3.20. The van der Waals surface area contributed by atoms with Gasteiger partial charge in [0, 0.05) is 48.2 Å². The van der Waals surface area contributed by atoms with E-state index < -0.39 is 11.6 Å². The Hall–Kier alpha value is -2.08. The molecule has 2 aromatic rings. The van der Waals surface area contributed by atoms with Gasteiger partial charge in [-0.2, -0.15) is 4.98 Å². The van der Waals surface area contributed by atoms with E-state index in [-0.39, 0.29) is 11.8 Å². The summed E-state index contributed by atoms with van der Waals surface area (Å²) in [4.78, 5) is 8.28. The van der Waals surface area contributed by atoms with Gasteiger partial charge in [-0.15, -0.1) is 0 Å². The van der Waals surface area contributed by atoms with E-state index in [4.69, 9.17) is 4.74 Å². The summed E-state index contributed by atoms with van der Waals surface area (Å²) in [7, 11) is 0. The first-order chi connectivity index (χ1) is 10.1. The predicted molar refractivity (Wildman–Crippen MR) is 73.1 cm³/mol. The Morgan fingerprint density at radius 1 is 1.24 bits per heavy atom. The van der Waals surface area contributed by atoms with Crippen LogP contribution in [0.3, 0.4) is 0 Å². The molecule has 1 aliphatic rings. The summed E-state index contributed by atoms with van der Waals surface area (Å²) >= 11 is 0. The fraction of sp³-hybridized carbons (Fsp3) is 0.333. The maximum atomic E-state index is 13.1. The number of halogens is 2. The second-order valence-electron chi connectivity index (χ2n) is 5.13. The molecule has 110 valence electrons. The predicted octanol–water partition coefficient (Wildman–Crippen LogP) is 3.11. The molecule has 0 atom stereocenters. The van der Waals surface area contributed by atoms with Crippen molar-refractivity contribution in [1.29, 1.82) is 0 Å². The lowest BCUT2D eigenvalue weighted by molar-refractivity contribution is 0.430. The highest BCUT2D eigenvalue weighted by atomic mass is 19.1. The molecule has 1 N–H and O–H groups in total. The molecule has 3 rings (SSSR count). The van der Waals surface area contributed by atoms with E-state index in [2.05, 4.69) is 15.3 Å². The molecule has 0 saturated heterocycles. The van der Waals surface area contributed by atoms with Crippen LogP contribution in [0.2, 0.25) is 0 Å². The third kappa shape index (κ3) is 3.72. The summed E-state index contributed by atoms with van der Waals surface area (Å²) < 4.78 is 31.5. The quantitative estimate of drug-likeness (QED) is 0.919. The van der Waals surface area contributed by atoms with Gasteiger partial charge in [-0.05, 0) is 19.8 Å². The number of aromatic nitrogens is 2. The Bertz CT molecular complexity index is 639. The van der Waals surface area contributed by atoms with Gasteiger partial charge in [0.1, 0.15) is 17.4 Å². The maximum Gasteiger partial charge on any atom is 0.322 e. The molecule has 4 nitrogen and oxygen atoms in total. The number of hydrogen-bond donors (Lipinski definition) is 1. The monoisotopic (exact) mass is 291 g/mol. The largest absolute Gasteiger partial charge is 0.424 e. The average molecular weight is 291 g/mol. The summed E-state index contributed by atoms with van der Waals surface area (Å²) in [5, 5.41) is 3.38. The van der Waals surface area contributed by atoms with E-state index in [9.17, 15) is 8.78 Å². The second-order valence-corrected chi connectivity index (χ2v) is 5.13. The van der Waals surface area contributed by atoms with E-state index in [0.717, 1.165) is 29.5 Å². The standard InChI is InChI=1S/C15H15F2N3O/c1-9-10(7-18-13-2-3-13)8-19-15(20-9)21-14-5-11(16)4-12(17)6-14/h4-6,8,13,18H,2-3,7H2,1H3. The van der Waals surface area contributed by atoms with Crippen LogP contribution in [0.4, 0.5) is 8.78 Å². The fourth-order valence-corrected chi connectivity index (χ4v) is 1.93. The molecule has 0 bridgehead atoms. The van der Waals surface area contributed by atoms with Gasteiger partial charge in [0.2, 0.25) is 0 Å². The molecular formula is C15H15F2N3O. The van der Waals surface area contributed by atoms with Gasteiger partial charge in [0.15, 0.2) is 0 Å². The van der Waals surface area contributed by atoms with Crippen LogP contribution in [0, 0.1) is 18.6 Å². The summed E-state index contributed by atoms with van der Waals surface area (Å²) in [5.74, 6) is -1.37. The first-order valence-electron chi connectivity index (χ1n) is 6.80. The van der Waals surface area contributed by atoms with Crippen molar-refractivity contribution < 1.29 is 13.5 Å². The van der Waals surface area contributed by atoms with Crippen molar-refractivity contribution in [1.82, 2.24) is 15.3 Å². The number of nitrogens with one attached hydrogen (secondary N) is 1. The topological polar surface area (TPSA) is 47.0 Å². The van der Waals surface area contributed by atoms with Crippen LogP contribution in [0.5, 0.6) is 11.8 Å². The van der Waals surface area contributed by atoms with Crippen LogP contribution in [0.1, 0.15) is 24.1 Å². The highest BCUT2D eigenvalue weighted by molar-refractivity contribution is 5.27. The van der Waals surface area contributed by atoms with Crippen LogP contribution >= 0.6 is 0 Å². The molecule has 1 aromatic heterocycles. The SMILES string of the molecule is Cc1nc(Oc2cc(F)cc(F)c2)ncc1CNC1CC1. The molecule has 0 radical (unpaired) electrons. The van der Waals surface area contributed by atoms with Gasteiger partial charge in [-0.25, -0.2) is 13.8 Å². The minimum atomic E-state index is -0.702. The molecule has 0 spiro atoms. The first kappa shape index (κ1) is 13.9. The highest BCUT2D eigenvalue weighted by Gasteiger charge is 2.20. The highest BCUT2D eigenvalue weighted by Crippen LogP contribution is 2.22. The van der Waals surface area contributed by atoms with E-state index >= 15 is 0 Å². The molecule has 21 heavy (non-hydrogen) atoms. The van der Waals surface area contributed by atoms with Crippen molar-refractivity contribution in [2.45, 2.75) is 32.4 Å². The van der Waals surface area contributed by atoms with Crippen molar-refractivity contribution in [3.63, 3.8) is 0 Å². The van der Waals surface area contributed by atoms with Gasteiger partial charge in [-0.1, -0.05) is 0 Å².